The zero-order chi connectivity index (χ0) is 19.5. The highest BCUT2D eigenvalue weighted by Gasteiger charge is 2.31. The van der Waals surface area contributed by atoms with Crippen LogP contribution in [-0.4, -0.2) is 47.4 Å². The third-order valence-electron chi connectivity index (χ3n) is 5.32. The molecule has 1 amide bonds. The van der Waals surface area contributed by atoms with Gasteiger partial charge in [0.05, 0.1) is 18.2 Å². The Balaban J connectivity index is 1.55. The topological polar surface area (TPSA) is 49.6 Å². The van der Waals surface area contributed by atoms with Crippen molar-refractivity contribution in [1.82, 2.24) is 14.8 Å². The molecule has 0 aliphatic carbocycles. The van der Waals surface area contributed by atoms with Gasteiger partial charge in [0, 0.05) is 25.2 Å². The summed E-state index contributed by atoms with van der Waals surface area (Å²) in [6.45, 7) is 4.31. The Labute approximate surface area is 165 Å². The van der Waals surface area contributed by atoms with E-state index in [9.17, 15) is 4.79 Å². The highest BCUT2D eigenvalue weighted by molar-refractivity contribution is 5.79. The Hall–Kier alpha value is -2.92. The van der Waals surface area contributed by atoms with E-state index in [0.717, 1.165) is 30.9 Å². The van der Waals surface area contributed by atoms with Crippen LogP contribution in [0.25, 0.3) is 11.5 Å². The fourth-order valence-corrected chi connectivity index (χ4v) is 3.72. The van der Waals surface area contributed by atoms with Crippen molar-refractivity contribution < 1.29 is 9.21 Å². The van der Waals surface area contributed by atoms with Crippen molar-refractivity contribution in [3.8, 4) is 11.5 Å². The van der Waals surface area contributed by atoms with E-state index in [1.807, 2.05) is 60.4 Å². The summed E-state index contributed by atoms with van der Waals surface area (Å²) in [4.78, 5) is 22.1. The summed E-state index contributed by atoms with van der Waals surface area (Å²) in [5.74, 6) is 1.37. The molecule has 5 nitrogen and oxygen atoms in total. The largest absolute Gasteiger partial charge is 0.441 e. The molecule has 4 rings (SSSR count). The lowest BCUT2D eigenvalue weighted by molar-refractivity contribution is -0.135. The Morgan fingerprint density at radius 2 is 1.75 bits per heavy atom. The molecule has 144 valence electrons. The van der Waals surface area contributed by atoms with Crippen LogP contribution in [-0.2, 0) is 11.2 Å². The van der Waals surface area contributed by atoms with Crippen LogP contribution in [0.3, 0.4) is 0 Å². The first-order valence-corrected chi connectivity index (χ1v) is 9.66. The van der Waals surface area contributed by atoms with Crippen molar-refractivity contribution in [2.45, 2.75) is 19.4 Å². The first-order valence-electron chi connectivity index (χ1n) is 9.66. The Morgan fingerprint density at radius 1 is 1.07 bits per heavy atom. The van der Waals surface area contributed by atoms with Crippen LogP contribution >= 0.6 is 0 Å². The average molecular weight is 375 g/mol. The zero-order valence-corrected chi connectivity index (χ0v) is 16.3. The van der Waals surface area contributed by atoms with Crippen LogP contribution in [0.15, 0.2) is 65.1 Å². The molecule has 1 aliphatic heterocycles. The second-order valence-corrected chi connectivity index (χ2v) is 7.34. The summed E-state index contributed by atoms with van der Waals surface area (Å²) in [5, 5.41) is 0. The molecule has 0 N–H and O–H groups in total. The van der Waals surface area contributed by atoms with Crippen LogP contribution < -0.4 is 0 Å². The number of hydrogen-bond acceptors (Lipinski definition) is 4. The van der Waals surface area contributed by atoms with Gasteiger partial charge in [0.1, 0.15) is 5.76 Å². The summed E-state index contributed by atoms with van der Waals surface area (Å²) in [6.07, 6.45) is 0.259. The maximum atomic E-state index is 13.2. The smallest absolute Gasteiger partial charge is 0.229 e. The predicted octanol–water partition coefficient (Wildman–Crippen LogP) is 3.71. The Morgan fingerprint density at radius 3 is 2.46 bits per heavy atom. The third-order valence-corrected chi connectivity index (χ3v) is 5.32. The van der Waals surface area contributed by atoms with Crippen LogP contribution in [0.1, 0.15) is 23.1 Å². The van der Waals surface area contributed by atoms with Gasteiger partial charge in [0.15, 0.2) is 0 Å². The van der Waals surface area contributed by atoms with Gasteiger partial charge in [-0.05, 0) is 31.7 Å². The number of carbonyl (C=O) groups is 1. The van der Waals surface area contributed by atoms with Crippen LogP contribution in [0.5, 0.6) is 0 Å². The van der Waals surface area contributed by atoms with Gasteiger partial charge in [-0.3, -0.25) is 4.79 Å². The predicted molar refractivity (Wildman–Crippen MR) is 109 cm³/mol. The number of piperazine rings is 1. The summed E-state index contributed by atoms with van der Waals surface area (Å²) in [7, 11) is 2.10. The monoisotopic (exact) mass is 375 g/mol. The number of hydrogen-bond donors (Lipinski definition) is 0. The Bertz CT molecular complexity index is 937. The minimum absolute atomic E-state index is 0.0632. The van der Waals surface area contributed by atoms with Gasteiger partial charge in [-0.1, -0.05) is 48.5 Å². The van der Waals surface area contributed by atoms with E-state index in [4.69, 9.17) is 4.42 Å². The van der Waals surface area contributed by atoms with Gasteiger partial charge >= 0.3 is 0 Å². The molecular formula is C23H25N3O2. The van der Waals surface area contributed by atoms with Gasteiger partial charge < -0.3 is 14.2 Å². The normalized spacial score (nSPS) is 17.6. The van der Waals surface area contributed by atoms with Crippen molar-refractivity contribution >= 4 is 5.91 Å². The first kappa shape index (κ1) is 18.4. The van der Waals surface area contributed by atoms with E-state index >= 15 is 0 Å². The van der Waals surface area contributed by atoms with Crippen LogP contribution in [0.4, 0.5) is 0 Å². The van der Waals surface area contributed by atoms with Gasteiger partial charge in [-0.15, -0.1) is 0 Å². The quantitative estimate of drug-likeness (QED) is 0.698. The van der Waals surface area contributed by atoms with E-state index in [1.165, 1.54) is 5.56 Å². The van der Waals surface area contributed by atoms with E-state index < -0.39 is 0 Å². The number of nitrogens with zero attached hydrogens (tertiary/aromatic N) is 3. The molecule has 2 heterocycles. The lowest BCUT2D eigenvalue weighted by atomic mass is 10.0. The summed E-state index contributed by atoms with van der Waals surface area (Å²) >= 11 is 0. The molecule has 0 bridgehead atoms. The zero-order valence-electron chi connectivity index (χ0n) is 16.3. The summed E-state index contributed by atoms with van der Waals surface area (Å²) < 4.78 is 5.83. The molecule has 1 aromatic heterocycles. The average Bonchev–Trinajstić information content (AvgIpc) is 3.09. The molecule has 0 radical (unpaired) electrons. The summed E-state index contributed by atoms with van der Waals surface area (Å²) in [6, 6.07) is 20.1. The van der Waals surface area contributed by atoms with Crippen LogP contribution in [0.2, 0.25) is 0 Å². The van der Waals surface area contributed by atoms with Crippen molar-refractivity contribution in [2.24, 2.45) is 0 Å². The van der Waals surface area contributed by atoms with Gasteiger partial charge in [0.2, 0.25) is 11.8 Å². The molecule has 28 heavy (non-hydrogen) atoms. The molecule has 1 atom stereocenters. The minimum Gasteiger partial charge on any atom is -0.441 e. The van der Waals surface area contributed by atoms with E-state index in [1.54, 1.807) is 0 Å². The van der Waals surface area contributed by atoms with Gasteiger partial charge in [0.25, 0.3) is 0 Å². The number of carbonyl (C=O) groups excluding carboxylic acids is 1. The fraction of sp³-hybridized carbons (Fsp3) is 0.304. The highest BCUT2D eigenvalue weighted by Crippen LogP contribution is 2.27. The number of likely N-dealkylation sites (N-methyl/N-ethyl adjacent to an activating group) is 1. The highest BCUT2D eigenvalue weighted by atomic mass is 16.4. The van der Waals surface area contributed by atoms with Gasteiger partial charge in [-0.25, -0.2) is 4.98 Å². The molecule has 0 saturated carbocycles. The molecule has 1 aliphatic rings. The molecule has 3 aromatic rings. The third kappa shape index (κ3) is 3.85. The van der Waals surface area contributed by atoms with Crippen LogP contribution in [0, 0.1) is 6.92 Å². The lowest BCUT2D eigenvalue weighted by Gasteiger charge is -2.40. The number of oxazole rings is 1. The molecule has 0 spiro atoms. The lowest BCUT2D eigenvalue weighted by Crippen LogP contribution is -2.49. The second-order valence-electron chi connectivity index (χ2n) is 7.34. The standard InChI is InChI=1S/C23H25N3O2/c1-17-20(24-23(28-17)19-11-7-4-8-12-19)15-22(27)26-14-13-25(2)16-21(26)18-9-5-3-6-10-18/h3-12,21H,13-16H2,1-2H3/t21-/m0/s1. The maximum Gasteiger partial charge on any atom is 0.229 e. The number of benzene rings is 2. The molecule has 1 fully saturated rings. The Kier molecular flexibility index (Phi) is 5.26. The second kappa shape index (κ2) is 7.98. The summed E-state index contributed by atoms with van der Waals surface area (Å²) in [5.41, 5.74) is 2.81. The van der Waals surface area contributed by atoms with E-state index in [-0.39, 0.29) is 18.4 Å². The van der Waals surface area contributed by atoms with Gasteiger partial charge in [-0.2, -0.15) is 0 Å². The number of rotatable bonds is 4. The first-order chi connectivity index (χ1) is 13.6. The van der Waals surface area contributed by atoms with Crippen molar-refractivity contribution in [2.75, 3.05) is 26.7 Å². The SMILES string of the molecule is Cc1oc(-c2ccccc2)nc1CC(=O)N1CCN(C)C[C@H]1c1ccccc1. The molecule has 1 saturated heterocycles. The molecule has 5 heteroatoms. The van der Waals surface area contributed by atoms with E-state index in [0.29, 0.717) is 11.7 Å². The number of aryl methyl sites for hydroxylation is 1. The van der Waals surface area contributed by atoms with Crippen molar-refractivity contribution in [3.05, 3.63) is 77.7 Å². The van der Waals surface area contributed by atoms with Crippen molar-refractivity contribution in [1.29, 1.82) is 0 Å². The minimum atomic E-state index is 0.0632. The molecular weight excluding hydrogens is 350 g/mol. The molecule has 0 unspecified atom stereocenters. The number of amides is 1. The van der Waals surface area contributed by atoms with E-state index in [2.05, 4.69) is 29.1 Å². The molecule has 2 aromatic carbocycles. The fourth-order valence-electron chi connectivity index (χ4n) is 3.72. The van der Waals surface area contributed by atoms with Crippen molar-refractivity contribution in [3.63, 3.8) is 0 Å². The number of aromatic nitrogens is 1. The maximum absolute atomic E-state index is 13.2.